The van der Waals surface area contributed by atoms with E-state index in [1.165, 1.54) is 12.1 Å². The van der Waals surface area contributed by atoms with Gasteiger partial charge in [0.05, 0.1) is 11.5 Å². The number of aryl methyl sites for hydroxylation is 2. The van der Waals surface area contributed by atoms with Crippen molar-refractivity contribution in [3.8, 4) is 5.75 Å². The number of rotatable bonds is 11. The van der Waals surface area contributed by atoms with Gasteiger partial charge in [-0.15, -0.1) is 0 Å². The highest BCUT2D eigenvalue weighted by Gasteiger charge is 2.28. The van der Waals surface area contributed by atoms with Crippen molar-refractivity contribution in [3.63, 3.8) is 0 Å². The summed E-state index contributed by atoms with van der Waals surface area (Å²) in [6.45, 7) is 8.48. The summed E-state index contributed by atoms with van der Waals surface area (Å²) >= 11 is 5.31. The molecule has 3 rings (SSSR count). The number of hydrogen-bond acceptors (Lipinski definition) is 5. The Morgan fingerprint density at radius 3 is 2.34 bits per heavy atom. The zero-order valence-electron chi connectivity index (χ0n) is 22.2. The lowest BCUT2D eigenvalue weighted by atomic mass is 9.87. The van der Waals surface area contributed by atoms with Crippen LogP contribution in [0, 0.1) is 19.3 Å². The fraction of sp³-hybridized carbons (Fsp3) is 0.310. The Kier molecular flexibility index (Phi) is 10.0. The highest BCUT2D eigenvalue weighted by Crippen LogP contribution is 2.24. The molecule has 3 aromatic carbocycles. The number of ether oxygens (including phenoxy) is 1. The van der Waals surface area contributed by atoms with E-state index >= 15 is 0 Å². The molecule has 9 heteroatoms. The highest BCUT2D eigenvalue weighted by molar-refractivity contribution is 7.89. The van der Waals surface area contributed by atoms with Crippen LogP contribution in [0.1, 0.15) is 43.4 Å². The van der Waals surface area contributed by atoms with Crippen LogP contribution in [-0.4, -0.2) is 26.0 Å². The number of carbonyl (C=O) groups is 1. The second-order valence-electron chi connectivity index (χ2n) is 9.85. The van der Waals surface area contributed by atoms with E-state index < -0.39 is 15.4 Å². The Labute approximate surface area is 231 Å². The third-order valence-electron chi connectivity index (χ3n) is 6.12. The first-order valence-electron chi connectivity index (χ1n) is 12.4. The van der Waals surface area contributed by atoms with E-state index in [1.807, 2.05) is 76.2 Å². The molecule has 0 aliphatic carbocycles. The van der Waals surface area contributed by atoms with Gasteiger partial charge in [0.2, 0.25) is 15.9 Å². The minimum absolute atomic E-state index is 0.137. The van der Waals surface area contributed by atoms with Gasteiger partial charge in [0, 0.05) is 17.6 Å². The van der Waals surface area contributed by atoms with Crippen molar-refractivity contribution < 1.29 is 17.9 Å². The van der Waals surface area contributed by atoms with Crippen molar-refractivity contribution in [2.45, 2.75) is 52.0 Å². The maximum atomic E-state index is 12.8. The third kappa shape index (κ3) is 8.65. The van der Waals surface area contributed by atoms with E-state index in [-0.39, 0.29) is 22.5 Å². The summed E-state index contributed by atoms with van der Waals surface area (Å²) in [7, 11) is -3.67. The number of nitrogens with one attached hydrogen (secondary N) is 3. The normalized spacial score (nSPS) is 11.6. The SMILES string of the molecule is Cc1ccc(C)c(OCCCC(C)(C)C(=O)NC(=S)Nc2ccc(S(=O)(=O)NCc3ccccc3)cc2)c1. The minimum Gasteiger partial charge on any atom is -0.493 e. The Balaban J connectivity index is 1.46. The van der Waals surface area contributed by atoms with E-state index in [1.54, 1.807) is 12.1 Å². The summed E-state index contributed by atoms with van der Waals surface area (Å²) in [5.74, 6) is 0.662. The van der Waals surface area contributed by atoms with Crippen molar-refractivity contribution in [2.75, 3.05) is 11.9 Å². The number of amides is 1. The summed E-state index contributed by atoms with van der Waals surface area (Å²) in [5.41, 5.74) is 3.00. The predicted molar refractivity (Wildman–Crippen MR) is 156 cm³/mol. The zero-order valence-corrected chi connectivity index (χ0v) is 23.8. The largest absolute Gasteiger partial charge is 0.493 e. The van der Waals surface area contributed by atoms with Gasteiger partial charge in [-0.3, -0.25) is 4.79 Å². The van der Waals surface area contributed by atoms with Crippen molar-refractivity contribution in [1.82, 2.24) is 10.0 Å². The van der Waals surface area contributed by atoms with Gasteiger partial charge in [0.1, 0.15) is 5.75 Å². The van der Waals surface area contributed by atoms with Crippen molar-refractivity contribution in [1.29, 1.82) is 0 Å². The topological polar surface area (TPSA) is 96.5 Å². The molecule has 1 amide bonds. The number of thiocarbonyl (C=S) groups is 1. The van der Waals surface area contributed by atoms with Crippen LogP contribution < -0.4 is 20.1 Å². The Hall–Kier alpha value is -3.27. The van der Waals surface area contributed by atoms with Gasteiger partial charge >= 0.3 is 0 Å². The first-order valence-corrected chi connectivity index (χ1v) is 14.3. The van der Waals surface area contributed by atoms with Crippen LogP contribution in [0.3, 0.4) is 0 Å². The molecule has 0 aliphatic heterocycles. The number of hydrogen-bond donors (Lipinski definition) is 3. The van der Waals surface area contributed by atoms with Crippen molar-refractivity contribution in [2.24, 2.45) is 5.41 Å². The summed E-state index contributed by atoms with van der Waals surface area (Å²) < 4.78 is 33.7. The monoisotopic (exact) mass is 553 g/mol. The van der Waals surface area contributed by atoms with Crippen molar-refractivity contribution >= 4 is 38.9 Å². The Bertz CT molecular complexity index is 1360. The average molecular weight is 554 g/mol. The third-order valence-corrected chi connectivity index (χ3v) is 7.74. The second-order valence-corrected chi connectivity index (χ2v) is 12.0. The van der Waals surface area contributed by atoms with Gasteiger partial charge in [0.25, 0.3) is 0 Å². The lowest BCUT2D eigenvalue weighted by Crippen LogP contribution is -2.42. The zero-order chi connectivity index (χ0) is 27.8. The molecular weight excluding hydrogens is 518 g/mol. The average Bonchev–Trinajstić information content (AvgIpc) is 2.88. The van der Waals surface area contributed by atoms with Crippen LogP contribution in [0.25, 0.3) is 0 Å². The van der Waals surface area contributed by atoms with Crippen molar-refractivity contribution in [3.05, 3.63) is 89.5 Å². The molecule has 0 bridgehead atoms. The number of carbonyl (C=O) groups excluding carboxylic acids is 1. The Morgan fingerprint density at radius 2 is 1.66 bits per heavy atom. The summed E-state index contributed by atoms with van der Waals surface area (Å²) in [6.07, 6.45) is 1.33. The first kappa shape index (κ1) is 29.3. The molecule has 0 saturated carbocycles. The van der Waals surface area contributed by atoms with Crippen LogP contribution in [0.2, 0.25) is 0 Å². The molecule has 0 saturated heterocycles. The molecule has 0 unspecified atom stereocenters. The first-order chi connectivity index (χ1) is 18.0. The molecule has 3 aromatic rings. The molecule has 0 spiro atoms. The van der Waals surface area contributed by atoms with Gasteiger partial charge in [-0.25, -0.2) is 13.1 Å². The molecule has 202 valence electrons. The van der Waals surface area contributed by atoms with Crippen LogP contribution in [-0.2, 0) is 21.4 Å². The van der Waals surface area contributed by atoms with Gasteiger partial charge in [-0.1, -0.05) is 56.3 Å². The van der Waals surface area contributed by atoms with E-state index in [0.717, 1.165) is 22.4 Å². The van der Waals surface area contributed by atoms with E-state index in [0.29, 0.717) is 25.1 Å². The van der Waals surface area contributed by atoms with Gasteiger partial charge in [-0.05, 0) is 85.9 Å². The molecule has 0 aromatic heterocycles. The smallest absolute Gasteiger partial charge is 0.240 e. The minimum atomic E-state index is -3.67. The van der Waals surface area contributed by atoms with Gasteiger partial charge in [-0.2, -0.15) is 0 Å². The second kappa shape index (κ2) is 13.0. The molecule has 0 radical (unpaired) electrons. The van der Waals surface area contributed by atoms with Crippen LogP contribution in [0.15, 0.2) is 77.7 Å². The lowest BCUT2D eigenvalue weighted by molar-refractivity contribution is -0.128. The molecule has 0 aliphatic rings. The standard InChI is InChI=1S/C29H35N3O4S2/c1-21-11-12-22(2)26(19-21)36-18-8-17-29(3,4)27(33)32-28(37)31-24-13-15-25(16-14-24)38(34,35)30-20-23-9-6-5-7-10-23/h5-7,9-16,19,30H,8,17-18,20H2,1-4H3,(H2,31,32,33,37). The van der Waals surface area contributed by atoms with E-state index in [9.17, 15) is 13.2 Å². The number of sulfonamides is 1. The summed E-state index contributed by atoms with van der Waals surface area (Å²) in [6, 6.07) is 21.6. The molecule has 0 heterocycles. The van der Waals surface area contributed by atoms with Crippen LogP contribution >= 0.6 is 12.2 Å². The van der Waals surface area contributed by atoms with E-state index in [2.05, 4.69) is 15.4 Å². The van der Waals surface area contributed by atoms with Crippen LogP contribution in [0.4, 0.5) is 5.69 Å². The molecule has 0 atom stereocenters. The Morgan fingerprint density at radius 1 is 0.974 bits per heavy atom. The molecule has 3 N–H and O–H groups in total. The lowest BCUT2D eigenvalue weighted by Gasteiger charge is -2.24. The summed E-state index contributed by atoms with van der Waals surface area (Å²) in [4.78, 5) is 13.0. The highest BCUT2D eigenvalue weighted by atomic mass is 32.2. The maximum absolute atomic E-state index is 12.8. The molecule has 38 heavy (non-hydrogen) atoms. The molecule has 0 fully saturated rings. The van der Waals surface area contributed by atoms with Gasteiger partial charge < -0.3 is 15.4 Å². The molecule has 7 nitrogen and oxygen atoms in total. The summed E-state index contributed by atoms with van der Waals surface area (Å²) in [5, 5.41) is 5.82. The molecular formula is C29H35N3O4S2. The predicted octanol–water partition coefficient (Wildman–Crippen LogP) is 5.48. The number of benzene rings is 3. The van der Waals surface area contributed by atoms with Gasteiger partial charge in [0.15, 0.2) is 5.11 Å². The fourth-order valence-electron chi connectivity index (χ4n) is 3.68. The number of anilines is 1. The van der Waals surface area contributed by atoms with Crippen LogP contribution in [0.5, 0.6) is 5.75 Å². The fourth-order valence-corrected chi connectivity index (χ4v) is 4.91. The maximum Gasteiger partial charge on any atom is 0.240 e. The van der Waals surface area contributed by atoms with E-state index in [4.69, 9.17) is 17.0 Å². The quantitative estimate of drug-likeness (QED) is 0.215.